The van der Waals surface area contributed by atoms with Crippen molar-refractivity contribution >= 4 is 23.2 Å². The van der Waals surface area contributed by atoms with Gasteiger partial charge < -0.3 is 9.47 Å². The molecule has 22 heavy (non-hydrogen) atoms. The summed E-state index contributed by atoms with van der Waals surface area (Å²) in [5, 5.41) is 0. The lowest BCUT2D eigenvalue weighted by molar-refractivity contribution is 0.174. The Kier molecular flexibility index (Phi) is 3.00. The van der Waals surface area contributed by atoms with Crippen LogP contribution >= 0.6 is 0 Å². The highest BCUT2D eigenvalue weighted by molar-refractivity contribution is 5.78. The van der Waals surface area contributed by atoms with Crippen molar-refractivity contribution in [3.05, 3.63) is 59.4 Å². The Morgan fingerprint density at radius 2 is 1.68 bits per heavy atom. The van der Waals surface area contributed by atoms with Gasteiger partial charge in [0, 0.05) is 0 Å². The zero-order chi connectivity index (χ0) is 14.9. The lowest BCUT2D eigenvalue weighted by atomic mass is 10.1. The molecule has 0 saturated heterocycles. The molecule has 1 aliphatic rings. The number of aromatic nitrogens is 2. The molecule has 0 aliphatic carbocycles. The highest BCUT2D eigenvalue weighted by Crippen LogP contribution is 2.33. The zero-order valence-corrected chi connectivity index (χ0v) is 12.1. The molecule has 4 heteroatoms. The van der Waals surface area contributed by atoms with E-state index in [1.54, 1.807) is 0 Å². The van der Waals surface area contributed by atoms with Crippen molar-refractivity contribution in [2.24, 2.45) is 0 Å². The Balaban J connectivity index is 1.69. The molecule has 0 atom stereocenters. The average Bonchev–Trinajstić information content (AvgIpc) is 3.00. The number of fused-ring (bicyclic) bond motifs is 2. The molecule has 0 bridgehead atoms. The fraction of sp³-hybridized carbons (Fsp3) is 0.111. The lowest BCUT2D eigenvalue weighted by Crippen LogP contribution is -1.93. The van der Waals surface area contributed by atoms with Crippen LogP contribution in [0.5, 0.6) is 11.5 Å². The standard InChI is InChI=1S/C18H14N2O2/c1-12-14(20-16-5-3-2-4-15(16)19-12)8-6-13-7-9-17-18(10-13)22-11-21-17/h2-10H,11H2,1H3/b8-6+. The summed E-state index contributed by atoms with van der Waals surface area (Å²) in [5.41, 5.74) is 4.64. The quantitative estimate of drug-likeness (QED) is 0.719. The van der Waals surface area contributed by atoms with Gasteiger partial charge in [-0.15, -0.1) is 0 Å². The van der Waals surface area contributed by atoms with E-state index in [0.717, 1.165) is 39.5 Å². The fourth-order valence-corrected chi connectivity index (χ4v) is 2.45. The molecule has 2 heterocycles. The minimum Gasteiger partial charge on any atom is -0.454 e. The predicted octanol–water partition coefficient (Wildman–Crippen LogP) is 3.84. The molecule has 0 spiro atoms. The summed E-state index contributed by atoms with van der Waals surface area (Å²) >= 11 is 0. The van der Waals surface area contributed by atoms with Crippen molar-refractivity contribution in [3.63, 3.8) is 0 Å². The molecular weight excluding hydrogens is 276 g/mol. The van der Waals surface area contributed by atoms with Crippen LogP contribution in [-0.4, -0.2) is 16.8 Å². The smallest absolute Gasteiger partial charge is 0.231 e. The Labute approximate surface area is 128 Å². The van der Waals surface area contributed by atoms with Gasteiger partial charge in [-0.2, -0.15) is 0 Å². The number of benzene rings is 2. The van der Waals surface area contributed by atoms with E-state index in [9.17, 15) is 0 Å². The van der Waals surface area contributed by atoms with Gasteiger partial charge in [0.15, 0.2) is 11.5 Å². The third-order valence-electron chi connectivity index (χ3n) is 3.61. The van der Waals surface area contributed by atoms with Gasteiger partial charge in [0.2, 0.25) is 6.79 Å². The molecule has 1 aliphatic heterocycles. The Bertz CT molecular complexity index is 887. The fourth-order valence-electron chi connectivity index (χ4n) is 2.45. The molecule has 2 aromatic carbocycles. The summed E-state index contributed by atoms with van der Waals surface area (Å²) < 4.78 is 10.7. The normalized spacial score (nSPS) is 13.1. The second-order valence-corrected chi connectivity index (χ2v) is 5.13. The van der Waals surface area contributed by atoms with Crippen LogP contribution in [0.25, 0.3) is 23.2 Å². The van der Waals surface area contributed by atoms with Crippen molar-refractivity contribution in [3.8, 4) is 11.5 Å². The maximum absolute atomic E-state index is 5.39. The molecule has 0 fully saturated rings. The Morgan fingerprint density at radius 3 is 2.55 bits per heavy atom. The Hall–Kier alpha value is -2.88. The maximum atomic E-state index is 5.39. The van der Waals surface area contributed by atoms with Crippen molar-refractivity contribution in [2.45, 2.75) is 6.92 Å². The van der Waals surface area contributed by atoms with Crippen LogP contribution in [0.3, 0.4) is 0 Å². The third-order valence-corrected chi connectivity index (χ3v) is 3.61. The van der Waals surface area contributed by atoms with E-state index in [1.807, 2.05) is 61.5 Å². The van der Waals surface area contributed by atoms with E-state index in [-0.39, 0.29) is 6.79 Å². The van der Waals surface area contributed by atoms with Crippen molar-refractivity contribution in [1.29, 1.82) is 0 Å². The molecular formula is C18H14N2O2. The van der Waals surface area contributed by atoms with E-state index < -0.39 is 0 Å². The van der Waals surface area contributed by atoms with Gasteiger partial charge in [0.25, 0.3) is 0 Å². The van der Waals surface area contributed by atoms with E-state index in [4.69, 9.17) is 9.47 Å². The van der Waals surface area contributed by atoms with Crippen LogP contribution in [-0.2, 0) is 0 Å². The molecule has 108 valence electrons. The molecule has 0 radical (unpaired) electrons. The van der Waals surface area contributed by atoms with Gasteiger partial charge in [-0.3, -0.25) is 0 Å². The molecule has 0 N–H and O–H groups in total. The van der Waals surface area contributed by atoms with Gasteiger partial charge >= 0.3 is 0 Å². The molecule has 3 aromatic rings. The van der Waals surface area contributed by atoms with Crippen molar-refractivity contribution < 1.29 is 9.47 Å². The first-order chi connectivity index (χ1) is 10.8. The van der Waals surface area contributed by atoms with E-state index in [0.29, 0.717) is 0 Å². The minimum atomic E-state index is 0.289. The first-order valence-electron chi connectivity index (χ1n) is 7.11. The van der Waals surface area contributed by atoms with Crippen LogP contribution in [0.15, 0.2) is 42.5 Å². The predicted molar refractivity (Wildman–Crippen MR) is 85.8 cm³/mol. The minimum absolute atomic E-state index is 0.289. The molecule has 1 aromatic heterocycles. The van der Waals surface area contributed by atoms with E-state index in [2.05, 4.69) is 9.97 Å². The largest absolute Gasteiger partial charge is 0.454 e. The summed E-state index contributed by atoms with van der Waals surface area (Å²) in [6.45, 7) is 2.26. The SMILES string of the molecule is Cc1nc2ccccc2nc1/C=C/c1ccc2c(c1)OCO2. The summed E-state index contributed by atoms with van der Waals surface area (Å²) in [5.74, 6) is 1.57. The second kappa shape index (κ2) is 5.15. The topological polar surface area (TPSA) is 44.2 Å². The number of ether oxygens (including phenoxy) is 2. The average molecular weight is 290 g/mol. The van der Waals surface area contributed by atoms with Gasteiger partial charge in [-0.1, -0.05) is 24.3 Å². The van der Waals surface area contributed by atoms with Crippen LogP contribution in [0, 0.1) is 6.92 Å². The van der Waals surface area contributed by atoms with Gasteiger partial charge in [0.1, 0.15) is 0 Å². The van der Waals surface area contributed by atoms with E-state index in [1.165, 1.54) is 0 Å². The summed E-state index contributed by atoms with van der Waals surface area (Å²) in [4.78, 5) is 9.24. The third kappa shape index (κ3) is 2.29. The summed E-state index contributed by atoms with van der Waals surface area (Å²) in [6, 6.07) is 13.8. The maximum Gasteiger partial charge on any atom is 0.231 e. The first kappa shape index (κ1) is 12.8. The lowest BCUT2D eigenvalue weighted by Gasteiger charge is -2.03. The zero-order valence-electron chi connectivity index (χ0n) is 12.1. The van der Waals surface area contributed by atoms with Crippen LogP contribution in [0.4, 0.5) is 0 Å². The number of para-hydroxylation sites is 2. The van der Waals surface area contributed by atoms with E-state index >= 15 is 0 Å². The highest BCUT2D eigenvalue weighted by atomic mass is 16.7. The number of nitrogens with zero attached hydrogens (tertiary/aromatic N) is 2. The summed E-state index contributed by atoms with van der Waals surface area (Å²) in [6.07, 6.45) is 3.99. The van der Waals surface area contributed by atoms with Crippen molar-refractivity contribution in [1.82, 2.24) is 9.97 Å². The molecule has 0 unspecified atom stereocenters. The first-order valence-corrected chi connectivity index (χ1v) is 7.11. The number of aryl methyl sites for hydroxylation is 1. The molecule has 0 saturated carbocycles. The number of rotatable bonds is 2. The molecule has 0 amide bonds. The molecule has 4 rings (SSSR count). The second-order valence-electron chi connectivity index (χ2n) is 5.13. The summed E-state index contributed by atoms with van der Waals surface area (Å²) in [7, 11) is 0. The van der Waals surface area contributed by atoms with Crippen molar-refractivity contribution in [2.75, 3.05) is 6.79 Å². The van der Waals surface area contributed by atoms with Crippen LogP contribution in [0.1, 0.15) is 17.0 Å². The number of hydrogen-bond acceptors (Lipinski definition) is 4. The monoisotopic (exact) mass is 290 g/mol. The highest BCUT2D eigenvalue weighted by Gasteiger charge is 2.12. The molecule has 4 nitrogen and oxygen atoms in total. The van der Waals surface area contributed by atoms with Gasteiger partial charge in [0.05, 0.1) is 22.4 Å². The van der Waals surface area contributed by atoms with Crippen LogP contribution < -0.4 is 9.47 Å². The van der Waals surface area contributed by atoms with Gasteiger partial charge in [-0.05, 0) is 42.8 Å². The van der Waals surface area contributed by atoms with Crippen LogP contribution in [0.2, 0.25) is 0 Å². The Morgan fingerprint density at radius 1 is 0.909 bits per heavy atom. The van der Waals surface area contributed by atoms with Gasteiger partial charge in [-0.25, -0.2) is 9.97 Å². The number of hydrogen-bond donors (Lipinski definition) is 0.